The first-order valence-corrected chi connectivity index (χ1v) is 7.65. The minimum Gasteiger partial charge on any atom is -0.341 e. The number of hydrogen-bond donors (Lipinski definition) is 1. The van der Waals surface area contributed by atoms with E-state index in [1.807, 2.05) is 13.2 Å². The SMILES string of the molecule is Cc1cccc(CSCC(=O)N(C)Cc2cn[nH]c2)c1. The Bertz CT molecular complexity index is 554. The van der Waals surface area contributed by atoms with Gasteiger partial charge in [-0.05, 0) is 12.5 Å². The lowest BCUT2D eigenvalue weighted by Gasteiger charge is -2.15. The van der Waals surface area contributed by atoms with Crippen LogP contribution < -0.4 is 0 Å². The van der Waals surface area contributed by atoms with Crippen molar-refractivity contribution in [3.63, 3.8) is 0 Å². The molecule has 2 aromatic rings. The average molecular weight is 289 g/mol. The van der Waals surface area contributed by atoms with Crippen molar-refractivity contribution in [2.75, 3.05) is 12.8 Å². The summed E-state index contributed by atoms with van der Waals surface area (Å²) in [6, 6.07) is 8.39. The van der Waals surface area contributed by atoms with E-state index in [1.165, 1.54) is 11.1 Å². The summed E-state index contributed by atoms with van der Waals surface area (Å²) in [5, 5.41) is 6.63. The number of thioether (sulfide) groups is 1. The first-order chi connectivity index (χ1) is 9.65. The maximum Gasteiger partial charge on any atom is 0.232 e. The van der Waals surface area contributed by atoms with Crippen molar-refractivity contribution >= 4 is 17.7 Å². The van der Waals surface area contributed by atoms with E-state index in [-0.39, 0.29) is 5.91 Å². The number of H-pyrrole nitrogens is 1. The number of amides is 1. The van der Waals surface area contributed by atoms with E-state index in [0.29, 0.717) is 12.3 Å². The fraction of sp³-hybridized carbons (Fsp3) is 0.333. The van der Waals surface area contributed by atoms with Crippen LogP contribution in [0.3, 0.4) is 0 Å². The number of hydrogen-bond acceptors (Lipinski definition) is 3. The fourth-order valence-corrected chi connectivity index (χ4v) is 2.81. The summed E-state index contributed by atoms with van der Waals surface area (Å²) < 4.78 is 0. The predicted octanol–water partition coefficient (Wildman–Crippen LogP) is 2.61. The second-order valence-electron chi connectivity index (χ2n) is 4.84. The van der Waals surface area contributed by atoms with Crippen molar-refractivity contribution in [3.8, 4) is 0 Å². The Kier molecular flexibility index (Phi) is 5.24. The number of nitrogens with zero attached hydrogens (tertiary/aromatic N) is 2. The molecule has 0 bridgehead atoms. The number of benzene rings is 1. The summed E-state index contributed by atoms with van der Waals surface area (Å²) in [6.07, 6.45) is 3.55. The number of nitrogens with one attached hydrogen (secondary N) is 1. The van der Waals surface area contributed by atoms with Crippen molar-refractivity contribution in [2.45, 2.75) is 19.2 Å². The average Bonchev–Trinajstić information content (AvgIpc) is 2.91. The topological polar surface area (TPSA) is 49.0 Å². The van der Waals surface area contributed by atoms with Gasteiger partial charge in [0.1, 0.15) is 0 Å². The molecule has 1 N–H and O–H groups in total. The lowest BCUT2D eigenvalue weighted by atomic mass is 10.2. The van der Waals surface area contributed by atoms with E-state index >= 15 is 0 Å². The molecule has 0 fully saturated rings. The van der Waals surface area contributed by atoms with E-state index in [1.54, 1.807) is 22.9 Å². The molecule has 0 aliphatic carbocycles. The van der Waals surface area contributed by atoms with Crippen molar-refractivity contribution in [1.29, 1.82) is 0 Å². The molecule has 4 nitrogen and oxygen atoms in total. The molecule has 0 atom stereocenters. The summed E-state index contributed by atoms with van der Waals surface area (Å²) >= 11 is 1.65. The van der Waals surface area contributed by atoms with E-state index < -0.39 is 0 Å². The second-order valence-corrected chi connectivity index (χ2v) is 5.82. The summed E-state index contributed by atoms with van der Waals surface area (Å²) in [4.78, 5) is 13.7. The molecule has 5 heteroatoms. The van der Waals surface area contributed by atoms with Crippen LogP contribution in [0.5, 0.6) is 0 Å². The van der Waals surface area contributed by atoms with Crippen LogP contribution in [0, 0.1) is 6.92 Å². The number of aromatic nitrogens is 2. The predicted molar refractivity (Wildman–Crippen MR) is 82.4 cm³/mol. The monoisotopic (exact) mass is 289 g/mol. The molecule has 1 amide bonds. The Morgan fingerprint density at radius 1 is 1.40 bits per heavy atom. The number of carbonyl (C=O) groups is 1. The second kappa shape index (κ2) is 7.14. The molecule has 0 saturated carbocycles. The Morgan fingerprint density at radius 3 is 2.95 bits per heavy atom. The third kappa shape index (κ3) is 4.42. The molecule has 0 aliphatic heterocycles. The third-order valence-electron chi connectivity index (χ3n) is 2.98. The van der Waals surface area contributed by atoms with Crippen molar-refractivity contribution in [1.82, 2.24) is 15.1 Å². The third-order valence-corrected chi connectivity index (χ3v) is 3.97. The fourth-order valence-electron chi connectivity index (χ4n) is 1.89. The summed E-state index contributed by atoms with van der Waals surface area (Å²) in [7, 11) is 1.82. The van der Waals surface area contributed by atoms with Gasteiger partial charge in [-0.3, -0.25) is 9.89 Å². The highest BCUT2D eigenvalue weighted by Crippen LogP contribution is 2.14. The van der Waals surface area contributed by atoms with Crippen LogP contribution in [0.15, 0.2) is 36.7 Å². The van der Waals surface area contributed by atoms with Crippen LogP contribution in [0.2, 0.25) is 0 Å². The zero-order valence-corrected chi connectivity index (χ0v) is 12.6. The van der Waals surface area contributed by atoms with E-state index in [0.717, 1.165) is 11.3 Å². The molecule has 0 unspecified atom stereocenters. The normalized spacial score (nSPS) is 10.5. The van der Waals surface area contributed by atoms with Gasteiger partial charge in [-0.15, -0.1) is 11.8 Å². The molecule has 106 valence electrons. The molecule has 1 aromatic heterocycles. The van der Waals surface area contributed by atoms with Gasteiger partial charge < -0.3 is 4.90 Å². The van der Waals surface area contributed by atoms with E-state index in [4.69, 9.17) is 0 Å². The molecule has 0 spiro atoms. The minimum absolute atomic E-state index is 0.142. The largest absolute Gasteiger partial charge is 0.341 e. The maximum absolute atomic E-state index is 12.0. The van der Waals surface area contributed by atoms with Crippen molar-refractivity contribution < 1.29 is 4.79 Å². The quantitative estimate of drug-likeness (QED) is 0.889. The number of rotatable bonds is 6. The molecular weight excluding hydrogens is 270 g/mol. The van der Waals surface area contributed by atoms with Crippen LogP contribution in [-0.4, -0.2) is 33.8 Å². The Hall–Kier alpha value is -1.75. The van der Waals surface area contributed by atoms with Gasteiger partial charge in [0.05, 0.1) is 11.9 Å². The summed E-state index contributed by atoms with van der Waals surface area (Å²) in [5.74, 6) is 1.51. The summed E-state index contributed by atoms with van der Waals surface area (Å²) in [5.41, 5.74) is 3.54. The van der Waals surface area contributed by atoms with Crippen molar-refractivity contribution in [2.24, 2.45) is 0 Å². The molecule has 2 rings (SSSR count). The van der Waals surface area contributed by atoms with Crippen LogP contribution >= 0.6 is 11.8 Å². The van der Waals surface area contributed by atoms with Gasteiger partial charge in [0.25, 0.3) is 0 Å². The first-order valence-electron chi connectivity index (χ1n) is 6.50. The van der Waals surface area contributed by atoms with Crippen LogP contribution in [0.1, 0.15) is 16.7 Å². The van der Waals surface area contributed by atoms with Gasteiger partial charge in [0, 0.05) is 31.1 Å². The molecule has 1 heterocycles. The highest BCUT2D eigenvalue weighted by Gasteiger charge is 2.09. The van der Waals surface area contributed by atoms with Gasteiger partial charge in [0.15, 0.2) is 0 Å². The smallest absolute Gasteiger partial charge is 0.232 e. The van der Waals surface area contributed by atoms with Crippen LogP contribution in [-0.2, 0) is 17.1 Å². The standard InChI is InChI=1S/C15H19N3OS/c1-12-4-3-5-13(6-12)10-20-11-15(19)18(2)9-14-7-16-17-8-14/h3-8H,9-11H2,1-2H3,(H,16,17). The Morgan fingerprint density at radius 2 is 2.25 bits per heavy atom. The van der Waals surface area contributed by atoms with Gasteiger partial charge in [-0.2, -0.15) is 5.10 Å². The number of carbonyl (C=O) groups excluding carboxylic acids is 1. The minimum atomic E-state index is 0.142. The van der Waals surface area contributed by atoms with E-state index in [9.17, 15) is 4.79 Å². The zero-order valence-electron chi connectivity index (χ0n) is 11.8. The van der Waals surface area contributed by atoms with Gasteiger partial charge in [-0.1, -0.05) is 29.8 Å². The number of aromatic amines is 1. The molecule has 1 aromatic carbocycles. The van der Waals surface area contributed by atoms with Gasteiger partial charge in [0.2, 0.25) is 5.91 Å². The molecule has 20 heavy (non-hydrogen) atoms. The molecule has 0 aliphatic rings. The van der Waals surface area contributed by atoms with Crippen LogP contribution in [0.4, 0.5) is 0 Å². The Balaban J connectivity index is 1.74. The molecule has 0 saturated heterocycles. The first kappa shape index (κ1) is 14.7. The van der Waals surface area contributed by atoms with E-state index in [2.05, 4.69) is 41.4 Å². The highest BCUT2D eigenvalue weighted by molar-refractivity contribution is 7.99. The van der Waals surface area contributed by atoms with Crippen LogP contribution in [0.25, 0.3) is 0 Å². The maximum atomic E-state index is 12.0. The lowest BCUT2D eigenvalue weighted by Crippen LogP contribution is -2.27. The molecule has 0 radical (unpaired) electrons. The lowest BCUT2D eigenvalue weighted by molar-refractivity contribution is -0.127. The van der Waals surface area contributed by atoms with Gasteiger partial charge in [-0.25, -0.2) is 0 Å². The van der Waals surface area contributed by atoms with Gasteiger partial charge >= 0.3 is 0 Å². The Labute approximate surface area is 123 Å². The summed E-state index contributed by atoms with van der Waals surface area (Å²) in [6.45, 7) is 2.68. The van der Waals surface area contributed by atoms with Crippen molar-refractivity contribution in [3.05, 3.63) is 53.3 Å². The zero-order chi connectivity index (χ0) is 14.4. The molecular formula is C15H19N3OS. The number of aryl methyl sites for hydroxylation is 1. The highest BCUT2D eigenvalue weighted by atomic mass is 32.2.